The largest absolute Gasteiger partial charge is 0.465 e. The van der Waals surface area contributed by atoms with E-state index in [-0.39, 0.29) is 5.92 Å². The maximum Gasteiger partial charge on any atom is 0.407 e. The monoisotopic (exact) mass is 387 g/mol. The Morgan fingerprint density at radius 1 is 1.00 bits per heavy atom. The number of carbonyl (C=O) groups excluding carboxylic acids is 1. The maximum atomic E-state index is 12.7. The van der Waals surface area contributed by atoms with Gasteiger partial charge in [0.2, 0.25) is 5.91 Å². The quantitative estimate of drug-likeness (QED) is 0.856. The minimum Gasteiger partial charge on any atom is -0.465 e. The average Bonchev–Trinajstić information content (AvgIpc) is 2.74. The van der Waals surface area contributed by atoms with Gasteiger partial charge in [-0.05, 0) is 36.0 Å². The molecule has 0 bridgehead atoms. The third-order valence-corrected chi connectivity index (χ3v) is 6.21. The highest BCUT2D eigenvalue weighted by Crippen LogP contribution is 2.22. The first kappa shape index (κ1) is 19.2. The van der Waals surface area contributed by atoms with Gasteiger partial charge in [-0.15, -0.1) is 0 Å². The summed E-state index contributed by atoms with van der Waals surface area (Å²) in [6.45, 7) is 6.75. The number of nitrogens with zero attached hydrogens (tertiary/aromatic N) is 3. The van der Waals surface area contributed by atoms with E-state index >= 15 is 0 Å². The fourth-order valence-electron chi connectivity index (χ4n) is 4.46. The highest BCUT2D eigenvalue weighted by Gasteiger charge is 2.29. The molecule has 0 saturated carbocycles. The highest BCUT2D eigenvalue weighted by atomic mass is 16.5. The second-order valence-electron chi connectivity index (χ2n) is 8.05. The lowest BCUT2D eigenvalue weighted by molar-refractivity contribution is -0.140. The minimum atomic E-state index is -0.845. The Morgan fingerprint density at radius 3 is 2.46 bits per heavy atom. The molecule has 0 atom stereocenters. The molecule has 2 saturated heterocycles. The van der Waals surface area contributed by atoms with Crippen molar-refractivity contribution in [3.63, 3.8) is 0 Å². The summed E-state index contributed by atoms with van der Waals surface area (Å²) in [5.41, 5.74) is 3.65. The number of hydrogen-bond donors (Lipinski definition) is 1. The van der Waals surface area contributed by atoms with Crippen LogP contribution in [0, 0.1) is 5.92 Å². The van der Waals surface area contributed by atoms with E-state index in [2.05, 4.69) is 23.1 Å². The molecular formula is C21H29N3O4. The van der Waals surface area contributed by atoms with E-state index in [1.54, 1.807) is 0 Å². The van der Waals surface area contributed by atoms with Crippen molar-refractivity contribution in [2.45, 2.75) is 32.4 Å². The molecule has 4 rings (SSSR count). The van der Waals surface area contributed by atoms with Crippen LogP contribution < -0.4 is 0 Å². The van der Waals surface area contributed by atoms with E-state index in [1.165, 1.54) is 16.0 Å². The summed E-state index contributed by atoms with van der Waals surface area (Å²) in [4.78, 5) is 29.7. The van der Waals surface area contributed by atoms with Crippen molar-refractivity contribution >= 4 is 12.0 Å². The van der Waals surface area contributed by atoms with Crippen LogP contribution in [0.2, 0.25) is 0 Å². The van der Waals surface area contributed by atoms with Gasteiger partial charge in [-0.3, -0.25) is 9.69 Å². The lowest BCUT2D eigenvalue weighted by atomic mass is 9.97. The molecule has 1 N–H and O–H groups in total. The van der Waals surface area contributed by atoms with Crippen LogP contribution in [0.3, 0.4) is 0 Å². The molecule has 7 nitrogen and oxygen atoms in total. The Kier molecular flexibility index (Phi) is 5.82. The molecule has 2 amide bonds. The lowest BCUT2D eigenvalue weighted by Crippen LogP contribution is -2.50. The van der Waals surface area contributed by atoms with Gasteiger partial charge in [0.1, 0.15) is 0 Å². The van der Waals surface area contributed by atoms with E-state index in [9.17, 15) is 9.59 Å². The van der Waals surface area contributed by atoms with E-state index in [4.69, 9.17) is 9.84 Å². The van der Waals surface area contributed by atoms with Gasteiger partial charge in [0.15, 0.2) is 0 Å². The summed E-state index contributed by atoms with van der Waals surface area (Å²) >= 11 is 0. The van der Waals surface area contributed by atoms with Gasteiger partial charge >= 0.3 is 6.09 Å². The van der Waals surface area contributed by atoms with Gasteiger partial charge in [-0.1, -0.05) is 18.2 Å². The molecule has 1 aromatic carbocycles. The van der Waals surface area contributed by atoms with Crippen LogP contribution in [0.15, 0.2) is 18.2 Å². The van der Waals surface area contributed by atoms with Gasteiger partial charge in [-0.25, -0.2) is 4.79 Å². The second-order valence-corrected chi connectivity index (χ2v) is 8.05. The molecular weight excluding hydrogens is 358 g/mol. The molecule has 152 valence electrons. The van der Waals surface area contributed by atoms with Gasteiger partial charge in [0.05, 0.1) is 0 Å². The van der Waals surface area contributed by atoms with Crippen molar-refractivity contribution < 1.29 is 19.4 Å². The summed E-state index contributed by atoms with van der Waals surface area (Å²) < 4.78 is 5.37. The van der Waals surface area contributed by atoms with Gasteiger partial charge < -0.3 is 19.6 Å². The molecule has 3 aliphatic heterocycles. The smallest absolute Gasteiger partial charge is 0.407 e. The third-order valence-electron chi connectivity index (χ3n) is 6.21. The Hall–Kier alpha value is -2.12. The standard InChI is InChI=1S/C21H29N3O4/c25-20(17-4-11-28-12-5-17)23-9-7-22(8-10-23)14-16-1-2-19-15-24(21(26)27)6-3-18(19)13-16/h1-2,13,17H,3-12,14-15H2,(H,26,27). The number of hydrogen-bond acceptors (Lipinski definition) is 4. The Labute approximate surface area is 165 Å². The minimum absolute atomic E-state index is 0.145. The molecule has 1 aromatic rings. The van der Waals surface area contributed by atoms with E-state index in [0.29, 0.717) is 32.2 Å². The van der Waals surface area contributed by atoms with E-state index < -0.39 is 6.09 Å². The average molecular weight is 387 g/mol. The first-order valence-electron chi connectivity index (χ1n) is 10.3. The summed E-state index contributed by atoms with van der Waals surface area (Å²) in [6.07, 6.45) is 1.65. The molecule has 7 heteroatoms. The summed E-state index contributed by atoms with van der Waals surface area (Å²) in [7, 11) is 0. The van der Waals surface area contributed by atoms with Crippen LogP contribution in [0.25, 0.3) is 0 Å². The topological polar surface area (TPSA) is 73.3 Å². The maximum absolute atomic E-state index is 12.7. The van der Waals surface area contributed by atoms with Crippen LogP contribution in [0.4, 0.5) is 4.79 Å². The number of amides is 2. The highest BCUT2D eigenvalue weighted by molar-refractivity contribution is 5.79. The Balaban J connectivity index is 1.29. The molecule has 0 aromatic heterocycles. The number of carbonyl (C=O) groups is 2. The first-order chi connectivity index (χ1) is 13.6. The summed E-state index contributed by atoms with van der Waals surface area (Å²) in [5.74, 6) is 0.450. The Bertz CT molecular complexity index is 724. The van der Waals surface area contributed by atoms with Crippen LogP contribution >= 0.6 is 0 Å². The van der Waals surface area contributed by atoms with Crippen molar-refractivity contribution in [2.75, 3.05) is 45.9 Å². The van der Waals surface area contributed by atoms with Crippen LogP contribution in [0.1, 0.15) is 29.5 Å². The first-order valence-corrected chi connectivity index (χ1v) is 10.3. The number of piperazine rings is 1. The van der Waals surface area contributed by atoms with Crippen LogP contribution in [-0.4, -0.2) is 77.7 Å². The molecule has 28 heavy (non-hydrogen) atoms. The predicted molar refractivity (Wildman–Crippen MR) is 104 cm³/mol. The van der Waals surface area contributed by atoms with Crippen molar-refractivity contribution in [1.29, 1.82) is 0 Å². The summed E-state index contributed by atoms with van der Waals surface area (Å²) in [6, 6.07) is 6.42. The molecule has 0 aliphatic carbocycles. The molecule has 3 heterocycles. The van der Waals surface area contributed by atoms with Crippen molar-refractivity contribution in [2.24, 2.45) is 5.92 Å². The SMILES string of the molecule is O=C(O)N1CCc2cc(CN3CCN(C(=O)C4CCOCC4)CC3)ccc2C1. The van der Waals surface area contributed by atoms with E-state index in [0.717, 1.165) is 57.5 Å². The zero-order valence-corrected chi connectivity index (χ0v) is 16.3. The fourth-order valence-corrected chi connectivity index (χ4v) is 4.46. The van der Waals surface area contributed by atoms with Gasteiger partial charge in [0.25, 0.3) is 0 Å². The summed E-state index contributed by atoms with van der Waals surface area (Å²) in [5, 5.41) is 9.16. The van der Waals surface area contributed by atoms with Crippen molar-refractivity contribution in [3.05, 3.63) is 34.9 Å². The number of carboxylic acid groups (broad SMARTS) is 1. The third kappa shape index (κ3) is 4.31. The fraction of sp³-hybridized carbons (Fsp3) is 0.619. The van der Waals surface area contributed by atoms with Crippen LogP contribution in [-0.2, 0) is 29.0 Å². The van der Waals surface area contributed by atoms with Gasteiger partial charge in [0, 0.05) is 64.9 Å². The molecule has 2 fully saturated rings. The van der Waals surface area contributed by atoms with Crippen LogP contribution in [0.5, 0.6) is 0 Å². The molecule has 3 aliphatic rings. The predicted octanol–water partition coefficient (Wildman–Crippen LogP) is 1.79. The Morgan fingerprint density at radius 2 is 1.75 bits per heavy atom. The zero-order chi connectivity index (χ0) is 19.5. The molecule has 0 unspecified atom stereocenters. The number of fused-ring (bicyclic) bond motifs is 1. The molecule has 0 radical (unpaired) electrons. The second kappa shape index (κ2) is 8.49. The number of rotatable bonds is 3. The van der Waals surface area contributed by atoms with Crippen molar-refractivity contribution in [3.8, 4) is 0 Å². The number of benzene rings is 1. The molecule has 0 spiro atoms. The van der Waals surface area contributed by atoms with Crippen molar-refractivity contribution in [1.82, 2.24) is 14.7 Å². The normalized spacial score (nSPS) is 21.4. The number of ether oxygens (including phenoxy) is 1. The van der Waals surface area contributed by atoms with Gasteiger partial charge in [-0.2, -0.15) is 0 Å². The zero-order valence-electron chi connectivity index (χ0n) is 16.3. The lowest BCUT2D eigenvalue weighted by Gasteiger charge is -2.37. The van der Waals surface area contributed by atoms with E-state index in [1.807, 2.05) is 4.90 Å².